The van der Waals surface area contributed by atoms with Gasteiger partial charge in [-0.3, -0.25) is 4.98 Å². The monoisotopic (exact) mass is 259 g/mol. The second-order valence-electron chi connectivity index (χ2n) is 4.17. The van der Waals surface area contributed by atoms with Crippen LogP contribution in [0.2, 0.25) is 0 Å². The van der Waals surface area contributed by atoms with Crippen LogP contribution in [0.15, 0.2) is 23.0 Å². The molecule has 0 spiro atoms. The molecule has 0 aliphatic heterocycles. The van der Waals surface area contributed by atoms with Crippen LogP contribution in [0.1, 0.15) is 17.0 Å². The summed E-state index contributed by atoms with van der Waals surface area (Å²) < 4.78 is 17.4. The molecule has 0 saturated heterocycles. The number of aromatic nitrogens is 4. The molecule has 0 aliphatic carbocycles. The standard InChI is InChI=1S/C12H10FN5O/c1-6-9(4-8-3-2-7(13)5-15-8)10(14)11-12(16-6)18-19-17-11/h2-3,5H,4,14H2,1H3. The van der Waals surface area contributed by atoms with E-state index in [0.717, 1.165) is 11.3 Å². The smallest absolute Gasteiger partial charge is 0.226 e. The summed E-state index contributed by atoms with van der Waals surface area (Å²) in [6.45, 7) is 1.82. The maximum absolute atomic E-state index is 12.8. The molecule has 7 heteroatoms. The molecule has 19 heavy (non-hydrogen) atoms. The molecular weight excluding hydrogens is 249 g/mol. The Bertz CT molecular complexity index is 738. The summed E-state index contributed by atoms with van der Waals surface area (Å²) in [5.41, 5.74) is 9.54. The Morgan fingerprint density at radius 3 is 2.89 bits per heavy atom. The van der Waals surface area contributed by atoms with Crippen molar-refractivity contribution < 1.29 is 9.02 Å². The van der Waals surface area contributed by atoms with Crippen molar-refractivity contribution in [2.75, 3.05) is 5.73 Å². The lowest BCUT2D eigenvalue weighted by Crippen LogP contribution is -2.03. The largest absolute Gasteiger partial charge is 0.396 e. The number of halogens is 1. The van der Waals surface area contributed by atoms with Gasteiger partial charge in [-0.2, -0.15) is 0 Å². The second-order valence-corrected chi connectivity index (χ2v) is 4.17. The van der Waals surface area contributed by atoms with E-state index in [4.69, 9.17) is 5.73 Å². The molecule has 0 bridgehead atoms. The second kappa shape index (κ2) is 4.27. The van der Waals surface area contributed by atoms with Gasteiger partial charge >= 0.3 is 0 Å². The third-order valence-corrected chi connectivity index (χ3v) is 2.91. The quantitative estimate of drug-likeness (QED) is 0.752. The fourth-order valence-corrected chi connectivity index (χ4v) is 1.91. The van der Waals surface area contributed by atoms with E-state index in [1.165, 1.54) is 12.3 Å². The average Bonchev–Trinajstić information content (AvgIpc) is 2.85. The van der Waals surface area contributed by atoms with Crippen molar-refractivity contribution in [1.82, 2.24) is 20.3 Å². The number of nitrogens with two attached hydrogens (primary N) is 1. The van der Waals surface area contributed by atoms with Crippen molar-refractivity contribution in [1.29, 1.82) is 0 Å². The maximum Gasteiger partial charge on any atom is 0.226 e. The highest BCUT2D eigenvalue weighted by atomic mass is 19.1. The van der Waals surface area contributed by atoms with E-state index in [1.54, 1.807) is 6.07 Å². The van der Waals surface area contributed by atoms with Crippen molar-refractivity contribution in [3.05, 3.63) is 41.1 Å². The van der Waals surface area contributed by atoms with E-state index in [9.17, 15) is 4.39 Å². The summed E-state index contributed by atoms with van der Waals surface area (Å²) in [4.78, 5) is 8.27. The summed E-state index contributed by atoms with van der Waals surface area (Å²) in [6, 6.07) is 2.97. The van der Waals surface area contributed by atoms with Crippen molar-refractivity contribution in [2.24, 2.45) is 0 Å². The molecule has 0 radical (unpaired) electrons. The Morgan fingerprint density at radius 2 is 2.16 bits per heavy atom. The molecule has 0 unspecified atom stereocenters. The van der Waals surface area contributed by atoms with Crippen LogP contribution in [0.5, 0.6) is 0 Å². The van der Waals surface area contributed by atoms with E-state index in [0.29, 0.717) is 29.0 Å². The molecule has 0 saturated carbocycles. The van der Waals surface area contributed by atoms with Crippen LogP contribution < -0.4 is 5.73 Å². The first kappa shape index (κ1) is 11.5. The van der Waals surface area contributed by atoms with Gasteiger partial charge in [0.1, 0.15) is 5.82 Å². The molecule has 0 amide bonds. The van der Waals surface area contributed by atoms with Gasteiger partial charge < -0.3 is 5.73 Å². The number of hydrogen-bond acceptors (Lipinski definition) is 6. The molecule has 2 N–H and O–H groups in total. The molecule has 3 aromatic rings. The Hall–Kier alpha value is -2.57. The van der Waals surface area contributed by atoms with E-state index in [1.807, 2.05) is 6.92 Å². The van der Waals surface area contributed by atoms with Crippen LogP contribution in [0, 0.1) is 12.7 Å². The van der Waals surface area contributed by atoms with Gasteiger partial charge in [0.05, 0.1) is 11.9 Å². The predicted octanol–water partition coefficient (Wildman–Crippen LogP) is 1.63. The van der Waals surface area contributed by atoms with Gasteiger partial charge in [0, 0.05) is 23.4 Å². The van der Waals surface area contributed by atoms with Crippen molar-refractivity contribution in [3.8, 4) is 0 Å². The summed E-state index contributed by atoms with van der Waals surface area (Å²) >= 11 is 0. The minimum absolute atomic E-state index is 0.372. The number of nitrogens with zero attached hydrogens (tertiary/aromatic N) is 4. The summed E-state index contributed by atoms with van der Waals surface area (Å²) in [7, 11) is 0. The third kappa shape index (κ3) is 1.99. The first-order chi connectivity index (χ1) is 9.15. The minimum atomic E-state index is -0.372. The average molecular weight is 259 g/mol. The van der Waals surface area contributed by atoms with Crippen LogP contribution in [-0.2, 0) is 6.42 Å². The van der Waals surface area contributed by atoms with Crippen molar-refractivity contribution in [2.45, 2.75) is 13.3 Å². The van der Waals surface area contributed by atoms with Crippen molar-refractivity contribution in [3.63, 3.8) is 0 Å². The van der Waals surface area contributed by atoms with E-state index >= 15 is 0 Å². The molecule has 3 aromatic heterocycles. The summed E-state index contributed by atoms with van der Waals surface area (Å²) in [5, 5.41) is 7.38. The normalized spacial score (nSPS) is 11.1. The number of nitrogen functional groups attached to an aromatic ring is 1. The topological polar surface area (TPSA) is 90.7 Å². The molecular formula is C12H10FN5O. The highest BCUT2D eigenvalue weighted by Gasteiger charge is 2.15. The summed E-state index contributed by atoms with van der Waals surface area (Å²) in [6.07, 6.45) is 1.62. The van der Waals surface area contributed by atoms with E-state index in [2.05, 4.69) is 24.9 Å². The number of pyridine rings is 2. The molecule has 3 heterocycles. The van der Waals surface area contributed by atoms with Crippen LogP contribution >= 0.6 is 0 Å². The highest BCUT2D eigenvalue weighted by Crippen LogP contribution is 2.25. The Kier molecular flexibility index (Phi) is 2.59. The SMILES string of the molecule is Cc1nc2nonc2c(N)c1Cc1ccc(F)cn1. The molecule has 3 rings (SSSR count). The van der Waals surface area contributed by atoms with Gasteiger partial charge in [-0.25, -0.2) is 14.0 Å². The number of anilines is 1. The molecule has 96 valence electrons. The van der Waals surface area contributed by atoms with Gasteiger partial charge in [-0.15, -0.1) is 0 Å². The van der Waals surface area contributed by atoms with Gasteiger partial charge in [-0.05, 0) is 29.4 Å². The molecule has 0 atom stereocenters. The zero-order valence-corrected chi connectivity index (χ0v) is 10.1. The minimum Gasteiger partial charge on any atom is -0.396 e. The number of hydrogen-bond donors (Lipinski definition) is 1. The Balaban J connectivity index is 2.06. The van der Waals surface area contributed by atoms with Crippen LogP contribution in [0.4, 0.5) is 10.1 Å². The highest BCUT2D eigenvalue weighted by molar-refractivity contribution is 5.85. The van der Waals surface area contributed by atoms with E-state index in [-0.39, 0.29) is 5.82 Å². The van der Waals surface area contributed by atoms with E-state index < -0.39 is 0 Å². The fraction of sp³-hybridized carbons (Fsp3) is 0.167. The molecule has 0 aromatic carbocycles. The van der Waals surface area contributed by atoms with Crippen LogP contribution in [0.3, 0.4) is 0 Å². The maximum atomic E-state index is 12.8. The Labute approximate surface area is 107 Å². The first-order valence-electron chi connectivity index (χ1n) is 5.63. The lowest BCUT2D eigenvalue weighted by atomic mass is 10.1. The lowest BCUT2D eigenvalue weighted by molar-refractivity contribution is 0.315. The fourth-order valence-electron chi connectivity index (χ4n) is 1.91. The van der Waals surface area contributed by atoms with Gasteiger partial charge in [0.2, 0.25) is 5.65 Å². The number of rotatable bonds is 2. The van der Waals surface area contributed by atoms with Crippen molar-refractivity contribution >= 4 is 16.9 Å². The van der Waals surface area contributed by atoms with Gasteiger partial charge in [-0.1, -0.05) is 0 Å². The number of fused-ring (bicyclic) bond motifs is 1. The van der Waals surface area contributed by atoms with Crippen LogP contribution in [-0.4, -0.2) is 20.3 Å². The lowest BCUT2D eigenvalue weighted by Gasteiger charge is -2.08. The van der Waals surface area contributed by atoms with Crippen LogP contribution in [0.25, 0.3) is 11.2 Å². The Morgan fingerprint density at radius 1 is 1.32 bits per heavy atom. The molecule has 0 aliphatic rings. The van der Waals surface area contributed by atoms with Gasteiger partial charge in [0.15, 0.2) is 5.52 Å². The zero-order chi connectivity index (χ0) is 13.4. The zero-order valence-electron chi connectivity index (χ0n) is 10.1. The number of aryl methyl sites for hydroxylation is 1. The molecule has 6 nitrogen and oxygen atoms in total. The van der Waals surface area contributed by atoms with Gasteiger partial charge in [0.25, 0.3) is 0 Å². The first-order valence-corrected chi connectivity index (χ1v) is 5.63. The predicted molar refractivity (Wildman–Crippen MR) is 65.7 cm³/mol. The summed E-state index contributed by atoms with van der Waals surface area (Å²) in [5.74, 6) is -0.372. The molecule has 0 fully saturated rings. The third-order valence-electron chi connectivity index (χ3n) is 2.91.